The molecule has 0 heterocycles. The molecular weight excluding hydrogens is 387 g/mol. The van der Waals surface area contributed by atoms with Gasteiger partial charge >= 0.3 is 5.97 Å². The van der Waals surface area contributed by atoms with E-state index in [1.165, 1.54) is 134 Å². The van der Waals surface area contributed by atoms with Gasteiger partial charge in [-0.05, 0) is 38.5 Å². The lowest BCUT2D eigenvalue weighted by molar-refractivity contribution is -0.136. The van der Waals surface area contributed by atoms with E-state index in [0.29, 0.717) is 6.42 Å². The summed E-state index contributed by atoms with van der Waals surface area (Å²) in [6, 6.07) is 0. The molecule has 0 rings (SSSR count). The summed E-state index contributed by atoms with van der Waals surface area (Å²) in [4.78, 5) is 11.4. The van der Waals surface area contributed by atoms with Crippen molar-refractivity contribution in [3.05, 3.63) is 0 Å². The highest BCUT2D eigenvalue weighted by Crippen LogP contribution is 2.61. The molecule has 0 aliphatic rings. The fourth-order valence-corrected chi connectivity index (χ4v) is 9.38. The topological polar surface area (TPSA) is 37.3 Å². The van der Waals surface area contributed by atoms with Crippen LogP contribution in [0.25, 0.3) is 0 Å². The Hall–Kier alpha value is -0.100. The Labute approximate surface area is 190 Å². The first-order chi connectivity index (χ1) is 14.6. The summed E-state index contributed by atoms with van der Waals surface area (Å²) < 4.78 is 0. The molecule has 3 heteroatoms. The molecule has 0 fully saturated rings. The van der Waals surface area contributed by atoms with Gasteiger partial charge in [-0.1, -0.05) is 97.8 Å². The Bertz CT molecular complexity index is 329. The van der Waals surface area contributed by atoms with Crippen molar-refractivity contribution in [2.75, 3.05) is 24.6 Å². The Morgan fingerprint density at radius 2 is 0.800 bits per heavy atom. The molecule has 1 N–H and O–H groups in total. The third-order valence-corrected chi connectivity index (χ3v) is 11.7. The number of unbranched alkanes of at least 4 members (excludes halogenated alkanes) is 15. The highest BCUT2D eigenvalue weighted by atomic mass is 31.2. The summed E-state index contributed by atoms with van der Waals surface area (Å²) in [6.45, 7) is 6.84. The van der Waals surface area contributed by atoms with E-state index in [4.69, 9.17) is 0 Å². The van der Waals surface area contributed by atoms with E-state index in [1.807, 2.05) is 0 Å². The smallest absolute Gasteiger partial charge is 0.307 e. The second-order valence-electron chi connectivity index (χ2n) is 9.68. The Morgan fingerprint density at radius 3 is 1.10 bits per heavy atom. The van der Waals surface area contributed by atoms with Crippen LogP contribution < -0.4 is 0 Å². The fourth-order valence-electron chi connectivity index (χ4n) is 4.69. The van der Waals surface area contributed by atoms with Crippen LogP contribution in [0.5, 0.6) is 0 Å². The van der Waals surface area contributed by atoms with Crippen LogP contribution in [0.1, 0.15) is 143 Å². The van der Waals surface area contributed by atoms with Crippen LogP contribution in [0.3, 0.4) is 0 Å². The minimum absolute atomic E-state index is 0.412. The molecular formula is C27H56O2P+. The average molecular weight is 444 g/mol. The van der Waals surface area contributed by atoms with Crippen LogP contribution in [0.4, 0.5) is 0 Å². The predicted molar refractivity (Wildman–Crippen MR) is 139 cm³/mol. The van der Waals surface area contributed by atoms with Crippen LogP contribution in [0, 0.1) is 0 Å². The SMILES string of the molecule is CCCCCCCC[P+](CCCCCCCC)(CCCCCCCC)CCC(=O)O. The molecule has 180 valence electrons. The number of aliphatic carboxylic acids is 1. The first-order valence-corrected chi connectivity index (χ1v) is 16.2. The zero-order valence-electron chi connectivity index (χ0n) is 21.1. The monoisotopic (exact) mass is 443 g/mol. The zero-order chi connectivity index (χ0) is 22.3. The molecule has 0 aromatic rings. The maximum atomic E-state index is 11.4. The molecule has 0 spiro atoms. The number of carboxylic acids is 1. The molecule has 0 unspecified atom stereocenters. The predicted octanol–water partition coefficient (Wildman–Crippen LogP) is 9.56. The molecule has 0 aliphatic heterocycles. The highest BCUT2D eigenvalue weighted by molar-refractivity contribution is 7.75. The highest BCUT2D eigenvalue weighted by Gasteiger charge is 2.36. The number of hydrogen-bond donors (Lipinski definition) is 1. The number of carboxylic acid groups (broad SMARTS) is 1. The van der Waals surface area contributed by atoms with Crippen molar-refractivity contribution in [2.45, 2.75) is 143 Å². The molecule has 30 heavy (non-hydrogen) atoms. The van der Waals surface area contributed by atoms with Gasteiger partial charge in [0.05, 0.1) is 31.1 Å². The van der Waals surface area contributed by atoms with Crippen molar-refractivity contribution < 1.29 is 9.90 Å². The van der Waals surface area contributed by atoms with E-state index in [0.717, 1.165) is 6.16 Å². The van der Waals surface area contributed by atoms with Crippen molar-refractivity contribution in [1.29, 1.82) is 0 Å². The van der Waals surface area contributed by atoms with E-state index in [-0.39, 0.29) is 0 Å². The van der Waals surface area contributed by atoms with Crippen LogP contribution in [-0.2, 0) is 4.79 Å². The molecule has 0 saturated carbocycles. The van der Waals surface area contributed by atoms with E-state index in [9.17, 15) is 9.90 Å². The molecule has 0 saturated heterocycles. The van der Waals surface area contributed by atoms with E-state index < -0.39 is 13.2 Å². The second kappa shape index (κ2) is 22.1. The lowest BCUT2D eigenvalue weighted by Crippen LogP contribution is -2.15. The minimum Gasteiger partial charge on any atom is -0.481 e. The van der Waals surface area contributed by atoms with Gasteiger partial charge in [-0.25, -0.2) is 0 Å². The number of hydrogen-bond acceptors (Lipinski definition) is 1. The summed E-state index contributed by atoms with van der Waals surface area (Å²) in [6.07, 6.45) is 30.0. The summed E-state index contributed by atoms with van der Waals surface area (Å²) in [5.74, 6) is -0.576. The van der Waals surface area contributed by atoms with Crippen LogP contribution in [0.15, 0.2) is 0 Å². The molecule has 0 aliphatic carbocycles. The molecule has 0 aromatic heterocycles. The molecule has 0 aromatic carbocycles. The van der Waals surface area contributed by atoms with Crippen molar-refractivity contribution in [2.24, 2.45) is 0 Å². The van der Waals surface area contributed by atoms with Crippen LogP contribution in [-0.4, -0.2) is 35.7 Å². The lowest BCUT2D eigenvalue weighted by atomic mass is 10.1. The van der Waals surface area contributed by atoms with Crippen LogP contribution in [0.2, 0.25) is 0 Å². The van der Waals surface area contributed by atoms with E-state index in [1.54, 1.807) is 0 Å². The second-order valence-corrected chi connectivity index (χ2v) is 14.2. The lowest BCUT2D eigenvalue weighted by Gasteiger charge is -2.28. The third-order valence-electron chi connectivity index (χ3n) is 6.76. The maximum absolute atomic E-state index is 11.4. The van der Waals surface area contributed by atoms with Gasteiger partial charge in [0.2, 0.25) is 0 Å². The van der Waals surface area contributed by atoms with Crippen molar-refractivity contribution in [3.8, 4) is 0 Å². The largest absolute Gasteiger partial charge is 0.481 e. The summed E-state index contributed by atoms with van der Waals surface area (Å²) in [5, 5.41) is 9.40. The Kier molecular flexibility index (Phi) is 22.0. The van der Waals surface area contributed by atoms with Crippen LogP contribution >= 0.6 is 7.26 Å². The van der Waals surface area contributed by atoms with Gasteiger partial charge in [0.25, 0.3) is 0 Å². The first kappa shape index (κ1) is 29.9. The molecule has 0 atom stereocenters. The maximum Gasteiger partial charge on any atom is 0.307 e. The van der Waals surface area contributed by atoms with Gasteiger partial charge in [-0.2, -0.15) is 0 Å². The quantitative estimate of drug-likeness (QED) is 0.119. The Balaban J connectivity index is 4.68. The summed E-state index contributed by atoms with van der Waals surface area (Å²) in [7, 11) is -1.10. The number of carbonyl (C=O) groups is 1. The molecule has 0 bridgehead atoms. The summed E-state index contributed by atoms with van der Waals surface area (Å²) >= 11 is 0. The summed E-state index contributed by atoms with van der Waals surface area (Å²) in [5.41, 5.74) is 0. The third kappa shape index (κ3) is 18.7. The number of rotatable bonds is 24. The molecule has 2 nitrogen and oxygen atoms in total. The van der Waals surface area contributed by atoms with Gasteiger partial charge in [0.1, 0.15) is 0 Å². The van der Waals surface area contributed by atoms with Gasteiger partial charge in [0.15, 0.2) is 0 Å². The average Bonchev–Trinajstić information content (AvgIpc) is 2.74. The van der Waals surface area contributed by atoms with Crippen molar-refractivity contribution >= 4 is 13.2 Å². The van der Waals surface area contributed by atoms with Crippen molar-refractivity contribution in [1.82, 2.24) is 0 Å². The molecule has 0 radical (unpaired) electrons. The van der Waals surface area contributed by atoms with E-state index in [2.05, 4.69) is 20.8 Å². The standard InChI is InChI=1S/C27H55O2P/c1-4-7-10-13-16-19-23-30(26-22-27(28)29,24-20-17-14-11-8-5-2)25-21-18-15-12-9-6-3/h4-26H2,1-3H3/p+1. The van der Waals surface area contributed by atoms with E-state index >= 15 is 0 Å². The van der Waals surface area contributed by atoms with Gasteiger partial charge < -0.3 is 5.11 Å². The zero-order valence-corrected chi connectivity index (χ0v) is 22.0. The first-order valence-electron chi connectivity index (χ1n) is 13.7. The van der Waals surface area contributed by atoms with Gasteiger partial charge in [-0.15, -0.1) is 0 Å². The normalized spacial score (nSPS) is 11.8. The fraction of sp³-hybridized carbons (Fsp3) is 0.963. The Morgan fingerprint density at radius 1 is 0.500 bits per heavy atom. The van der Waals surface area contributed by atoms with Crippen molar-refractivity contribution in [3.63, 3.8) is 0 Å². The van der Waals surface area contributed by atoms with Gasteiger partial charge in [0, 0.05) is 7.26 Å². The minimum atomic E-state index is -1.10. The molecule has 0 amide bonds. The van der Waals surface area contributed by atoms with Gasteiger partial charge in [-0.3, -0.25) is 4.79 Å².